The van der Waals surface area contributed by atoms with E-state index in [0.29, 0.717) is 6.61 Å². The number of likely N-dealkylation sites (N-methyl/N-ethyl adjacent to an activating group) is 1. The summed E-state index contributed by atoms with van der Waals surface area (Å²) in [5, 5.41) is 1.98. The molecule has 4 heteroatoms. The maximum Gasteiger partial charge on any atom is 0.323 e. The Hall–Kier alpha value is -0.620. The van der Waals surface area contributed by atoms with E-state index in [9.17, 15) is 4.79 Å². The quantitative estimate of drug-likeness (QED) is 0.379. The van der Waals surface area contributed by atoms with Crippen LogP contribution in [0.3, 0.4) is 0 Å². The minimum Gasteiger partial charge on any atom is -0.459 e. The van der Waals surface area contributed by atoms with Gasteiger partial charge in [-0.25, -0.2) is 0 Å². The summed E-state index contributed by atoms with van der Waals surface area (Å²) in [6, 6.07) is 9.65. The Morgan fingerprint density at radius 2 is 2.13 bits per heavy atom. The van der Waals surface area contributed by atoms with Gasteiger partial charge < -0.3 is 10.1 Å². The minimum absolute atomic E-state index is 0.163. The van der Waals surface area contributed by atoms with Crippen molar-refractivity contribution < 1.29 is 14.8 Å². The van der Waals surface area contributed by atoms with Crippen LogP contribution in [-0.4, -0.2) is 26.2 Å². The Labute approximate surface area is 103 Å². The summed E-state index contributed by atoms with van der Waals surface area (Å²) in [6.07, 6.45) is 0. The smallest absolute Gasteiger partial charge is 0.323 e. The van der Waals surface area contributed by atoms with Crippen molar-refractivity contribution in [2.45, 2.75) is 3.92 Å². The van der Waals surface area contributed by atoms with Gasteiger partial charge in [0.1, 0.15) is 17.1 Å². The van der Waals surface area contributed by atoms with Gasteiger partial charge in [-0.05, 0) is 5.56 Å². The molecular weight excluding hydrogens is 305 g/mol. The minimum atomic E-state index is -0.208. The molecule has 0 bridgehead atoms. The molecule has 0 aromatic heterocycles. The van der Waals surface area contributed by atoms with Crippen LogP contribution in [0.1, 0.15) is 9.49 Å². The number of hydrogen-bond acceptors (Lipinski definition) is 2. The van der Waals surface area contributed by atoms with Gasteiger partial charge in [0.25, 0.3) is 0 Å². The van der Waals surface area contributed by atoms with Gasteiger partial charge in [0.05, 0.1) is 7.05 Å². The molecule has 0 saturated heterocycles. The van der Waals surface area contributed by atoms with Crippen LogP contribution < -0.4 is 5.32 Å². The van der Waals surface area contributed by atoms with Crippen LogP contribution >= 0.6 is 22.6 Å². The van der Waals surface area contributed by atoms with Crippen molar-refractivity contribution in [3.63, 3.8) is 0 Å². The van der Waals surface area contributed by atoms with Crippen LogP contribution in [0.5, 0.6) is 0 Å². The van der Waals surface area contributed by atoms with Gasteiger partial charge in [0, 0.05) is 0 Å². The molecule has 0 aliphatic carbocycles. The SMILES string of the molecule is C[NH2+]CCOC(=O)C(I)c1ccccc1. The zero-order chi connectivity index (χ0) is 11.1. The molecule has 0 heterocycles. The summed E-state index contributed by atoms with van der Waals surface area (Å²) >= 11 is 2.10. The highest BCUT2D eigenvalue weighted by molar-refractivity contribution is 14.1. The molecule has 0 spiro atoms. The largest absolute Gasteiger partial charge is 0.459 e. The predicted octanol–water partition coefficient (Wildman–Crippen LogP) is 0.899. The summed E-state index contributed by atoms with van der Waals surface area (Å²) in [6.45, 7) is 1.28. The van der Waals surface area contributed by atoms with Crippen LogP contribution in [0, 0.1) is 0 Å². The molecule has 0 radical (unpaired) electrons. The van der Waals surface area contributed by atoms with Crippen LogP contribution in [0.15, 0.2) is 30.3 Å². The summed E-state index contributed by atoms with van der Waals surface area (Å²) in [5.74, 6) is -0.163. The maximum absolute atomic E-state index is 11.6. The van der Waals surface area contributed by atoms with E-state index in [4.69, 9.17) is 4.74 Å². The van der Waals surface area contributed by atoms with Gasteiger partial charge >= 0.3 is 5.97 Å². The fourth-order valence-corrected chi connectivity index (χ4v) is 1.70. The van der Waals surface area contributed by atoms with Crippen LogP contribution in [0.25, 0.3) is 0 Å². The van der Waals surface area contributed by atoms with Crippen LogP contribution in [0.2, 0.25) is 0 Å². The van der Waals surface area contributed by atoms with E-state index >= 15 is 0 Å². The fourth-order valence-electron chi connectivity index (χ4n) is 1.11. The fraction of sp³-hybridized carbons (Fsp3) is 0.364. The highest BCUT2D eigenvalue weighted by Crippen LogP contribution is 2.24. The molecule has 1 aromatic rings. The van der Waals surface area contributed by atoms with Gasteiger partial charge in [-0.1, -0.05) is 52.9 Å². The van der Waals surface area contributed by atoms with E-state index < -0.39 is 0 Å². The van der Waals surface area contributed by atoms with Gasteiger partial charge in [-0.15, -0.1) is 0 Å². The zero-order valence-corrected chi connectivity index (χ0v) is 10.8. The first-order valence-electron chi connectivity index (χ1n) is 4.89. The maximum atomic E-state index is 11.6. The second-order valence-corrected chi connectivity index (χ2v) is 4.38. The number of halogens is 1. The van der Waals surface area contributed by atoms with Gasteiger partial charge in [0.2, 0.25) is 0 Å². The molecule has 0 aliphatic rings. The molecule has 1 unspecified atom stereocenters. The molecule has 0 amide bonds. The number of nitrogens with two attached hydrogens (primary N) is 1. The molecule has 0 saturated carbocycles. The van der Waals surface area contributed by atoms with Crippen molar-refractivity contribution in [1.29, 1.82) is 0 Å². The first-order valence-corrected chi connectivity index (χ1v) is 6.13. The Kier molecular flexibility index (Phi) is 5.63. The summed E-state index contributed by atoms with van der Waals surface area (Å²) in [7, 11) is 1.95. The van der Waals surface area contributed by atoms with Crippen LogP contribution in [-0.2, 0) is 9.53 Å². The Balaban J connectivity index is 2.46. The third kappa shape index (κ3) is 4.17. The normalized spacial score (nSPS) is 12.1. The average Bonchev–Trinajstić information content (AvgIpc) is 2.29. The summed E-state index contributed by atoms with van der Waals surface area (Å²) in [4.78, 5) is 11.6. The number of carbonyl (C=O) groups is 1. The second kappa shape index (κ2) is 6.79. The molecule has 82 valence electrons. The number of esters is 1. The monoisotopic (exact) mass is 320 g/mol. The summed E-state index contributed by atoms with van der Waals surface area (Å²) in [5.41, 5.74) is 0.989. The van der Waals surface area contributed by atoms with E-state index in [1.807, 2.05) is 42.7 Å². The molecular formula is C11H15INO2+. The van der Waals surface area contributed by atoms with Crippen molar-refractivity contribution in [1.82, 2.24) is 0 Å². The number of rotatable bonds is 5. The molecule has 2 N–H and O–H groups in total. The van der Waals surface area contributed by atoms with Crippen LogP contribution in [0.4, 0.5) is 0 Å². The standard InChI is InChI=1S/C11H14INO2/c1-13-7-8-15-11(14)10(12)9-5-3-2-4-6-9/h2-6,10,13H,7-8H2,1H3/p+1. The first kappa shape index (κ1) is 12.4. The Morgan fingerprint density at radius 1 is 1.47 bits per heavy atom. The van der Waals surface area contributed by atoms with Crippen molar-refractivity contribution >= 4 is 28.6 Å². The number of alkyl halides is 1. The lowest BCUT2D eigenvalue weighted by Crippen LogP contribution is -2.80. The third-order valence-corrected chi connectivity index (χ3v) is 3.18. The topological polar surface area (TPSA) is 42.9 Å². The number of hydrogen-bond donors (Lipinski definition) is 1. The van der Waals surface area contributed by atoms with Crippen molar-refractivity contribution in [2.75, 3.05) is 20.2 Å². The van der Waals surface area contributed by atoms with Gasteiger partial charge in [-0.2, -0.15) is 0 Å². The van der Waals surface area contributed by atoms with Gasteiger partial charge in [0.15, 0.2) is 0 Å². The molecule has 1 atom stereocenters. The molecule has 0 fully saturated rings. The molecule has 15 heavy (non-hydrogen) atoms. The zero-order valence-electron chi connectivity index (χ0n) is 8.65. The lowest BCUT2D eigenvalue weighted by molar-refractivity contribution is -0.628. The van der Waals surface area contributed by atoms with E-state index in [0.717, 1.165) is 12.1 Å². The number of benzene rings is 1. The highest BCUT2D eigenvalue weighted by Gasteiger charge is 2.17. The lowest BCUT2D eigenvalue weighted by Gasteiger charge is -2.09. The van der Waals surface area contributed by atoms with E-state index in [1.165, 1.54) is 0 Å². The number of ether oxygens (including phenoxy) is 1. The van der Waals surface area contributed by atoms with E-state index in [1.54, 1.807) is 0 Å². The van der Waals surface area contributed by atoms with Crippen molar-refractivity contribution in [3.05, 3.63) is 35.9 Å². The van der Waals surface area contributed by atoms with Crippen molar-refractivity contribution in [3.8, 4) is 0 Å². The summed E-state index contributed by atoms with van der Waals surface area (Å²) < 4.78 is 4.91. The number of carbonyl (C=O) groups excluding carboxylic acids is 1. The predicted molar refractivity (Wildman–Crippen MR) is 66.9 cm³/mol. The molecule has 0 aliphatic heterocycles. The second-order valence-electron chi connectivity index (χ2n) is 3.14. The molecule has 1 rings (SSSR count). The van der Waals surface area contributed by atoms with E-state index in [2.05, 4.69) is 22.6 Å². The molecule has 1 aromatic carbocycles. The third-order valence-electron chi connectivity index (χ3n) is 1.95. The van der Waals surface area contributed by atoms with Crippen molar-refractivity contribution in [2.24, 2.45) is 0 Å². The molecule has 3 nitrogen and oxygen atoms in total. The Morgan fingerprint density at radius 3 is 2.73 bits per heavy atom. The Bertz CT molecular complexity index is 303. The number of quaternary nitrogens is 1. The average molecular weight is 320 g/mol. The van der Waals surface area contributed by atoms with E-state index in [-0.39, 0.29) is 9.89 Å². The highest BCUT2D eigenvalue weighted by atomic mass is 127. The first-order chi connectivity index (χ1) is 7.25. The lowest BCUT2D eigenvalue weighted by atomic mass is 10.2. The van der Waals surface area contributed by atoms with Gasteiger partial charge in [-0.3, -0.25) is 4.79 Å².